The number of aromatic nitrogens is 3. The van der Waals surface area contributed by atoms with Crippen LogP contribution >= 0.6 is 35.0 Å². The van der Waals surface area contributed by atoms with Crippen LogP contribution in [0.4, 0.5) is 5.69 Å². The Bertz CT molecular complexity index is 941. The number of carbonyl (C=O) groups is 1. The normalized spacial score (nSPS) is 10.8. The van der Waals surface area contributed by atoms with Gasteiger partial charge in [-0.25, -0.2) is 0 Å². The van der Waals surface area contributed by atoms with E-state index in [1.807, 2.05) is 38.2 Å². The van der Waals surface area contributed by atoms with Crippen molar-refractivity contribution < 1.29 is 4.79 Å². The van der Waals surface area contributed by atoms with Gasteiger partial charge in [0, 0.05) is 23.3 Å². The van der Waals surface area contributed by atoms with Gasteiger partial charge < -0.3 is 9.88 Å². The van der Waals surface area contributed by atoms with Crippen molar-refractivity contribution in [2.45, 2.75) is 12.1 Å². The monoisotopic (exact) mass is 406 g/mol. The van der Waals surface area contributed by atoms with E-state index in [1.54, 1.807) is 22.8 Å². The first kappa shape index (κ1) is 18.8. The molecule has 0 saturated carbocycles. The van der Waals surface area contributed by atoms with Crippen LogP contribution in [0.5, 0.6) is 0 Å². The van der Waals surface area contributed by atoms with Crippen LogP contribution in [0.15, 0.2) is 47.6 Å². The number of thioether (sulfide) groups is 1. The molecule has 0 aliphatic carbocycles. The minimum absolute atomic E-state index is 0.104. The number of anilines is 1. The van der Waals surface area contributed by atoms with Crippen LogP contribution in [-0.4, -0.2) is 26.4 Å². The first-order valence-corrected chi connectivity index (χ1v) is 9.52. The van der Waals surface area contributed by atoms with E-state index in [4.69, 9.17) is 23.2 Å². The number of nitrogens with one attached hydrogen (secondary N) is 1. The molecule has 0 unspecified atom stereocenters. The van der Waals surface area contributed by atoms with Crippen molar-refractivity contribution in [1.29, 1.82) is 0 Å². The van der Waals surface area contributed by atoms with Crippen LogP contribution in [0.1, 0.15) is 5.56 Å². The zero-order valence-corrected chi connectivity index (χ0v) is 16.5. The molecular weight excluding hydrogens is 391 g/mol. The second kappa shape index (κ2) is 8.12. The highest BCUT2D eigenvalue weighted by Gasteiger charge is 2.15. The fourth-order valence-corrected chi connectivity index (χ4v) is 3.51. The van der Waals surface area contributed by atoms with Gasteiger partial charge in [-0.15, -0.1) is 10.2 Å². The average molecular weight is 407 g/mol. The van der Waals surface area contributed by atoms with Crippen molar-refractivity contribution in [1.82, 2.24) is 14.8 Å². The standard InChI is InChI=1S/C18H16Cl2N4OS/c1-11-3-6-13(7-4-11)21-16(25)10-26-18-23-22-17(24(18)2)14-8-5-12(19)9-15(14)20/h3-9H,10H2,1-2H3,(H,21,25). The predicted octanol–water partition coefficient (Wildman–Crippen LogP) is 4.83. The molecule has 2 aromatic carbocycles. The molecule has 1 N–H and O–H groups in total. The second-order valence-electron chi connectivity index (χ2n) is 5.69. The van der Waals surface area contributed by atoms with Gasteiger partial charge in [0.25, 0.3) is 0 Å². The van der Waals surface area contributed by atoms with E-state index < -0.39 is 0 Å². The van der Waals surface area contributed by atoms with E-state index in [0.717, 1.165) is 16.8 Å². The van der Waals surface area contributed by atoms with Crippen LogP contribution in [-0.2, 0) is 11.8 Å². The molecule has 1 aromatic heterocycles. The minimum atomic E-state index is -0.104. The van der Waals surface area contributed by atoms with E-state index in [2.05, 4.69) is 15.5 Å². The van der Waals surface area contributed by atoms with Crippen molar-refractivity contribution in [3.05, 3.63) is 58.1 Å². The molecule has 1 amide bonds. The summed E-state index contributed by atoms with van der Waals surface area (Å²) in [4.78, 5) is 12.1. The summed E-state index contributed by atoms with van der Waals surface area (Å²) in [7, 11) is 1.83. The van der Waals surface area contributed by atoms with Crippen molar-refractivity contribution in [2.24, 2.45) is 7.05 Å². The summed E-state index contributed by atoms with van der Waals surface area (Å²) in [5.74, 6) is 0.745. The fourth-order valence-electron chi connectivity index (χ4n) is 2.31. The highest BCUT2D eigenvalue weighted by Crippen LogP contribution is 2.30. The quantitative estimate of drug-likeness (QED) is 0.616. The summed E-state index contributed by atoms with van der Waals surface area (Å²) in [6.45, 7) is 2.00. The molecule has 0 aliphatic rings. The van der Waals surface area contributed by atoms with E-state index in [0.29, 0.717) is 21.0 Å². The molecule has 1 heterocycles. The van der Waals surface area contributed by atoms with E-state index in [1.165, 1.54) is 11.8 Å². The van der Waals surface area contributed by atoms with Gasteiger partial charge in [-0.3, -0.25) is 4.79 Å². The Labute approximate surface area is 165 Å². The molecule has 26 heavy (non-hydrogen) atoms. The Hall–Kier alpha value is -2.02. The van der Waals surface area contributed by atoms with Crippen LogP contribution in [0.25, 0.3) is 11.4 Å². The van der Waals surface area contributed by atoms with Crippen molar-refractivity contribution >= 4 is 46.6 Å². The SMILES string of the molecule is Cc1ccc(NC(=O)CSc2nnc(-c3ccc(Cl)cc3Cl)n2C)cc1. The number of rotatable bonds is 5. The van der Waals surface area contributed by atoms with Gasteiger partial charge >= 0.3 is 0 Å². The third-order valence-electron chi connectivity index (χ3n) is 3.67. The third kappa shape index (κ3) is 4.38. The molecule has 0 saturated heterocycles. The maximum Gasteiger partial charge on any atom is 0.234 e. The maximum atomic E-state index is 12.1. The number of amides is 1. The third-order valence-corrected chi connectivity index (χ3v) is 5.24. The number of halogens is 2. The molecule has 8 heteroatoms. The molecule has 3 aromatic rings. The Balaban J connectivity index is 1.66. The first-order chi connectivity index (χ1) is 12.4. The van der Waals surface area contributed by atoms with Crippen LogP contribution < -0.4 is 5.32 Å². The van der Waals surface area contributed by atoms with Crippen molar-refractivity contribution in [3.8, 4) is 11.4 Å². The molecule has 3 rings (SSSR count). The summed E-state index contributed by atoms with van der Waals surface area (Å²) in [5.41, 5.74) is 2.65. The molecule has 0 bridgehead atoms. The van der Waals surface area contributed by atoms with Crippen molar-refractivity contribution in [3.63, 3.8) is 0 Å². The number of hydrogen-bond acceptors (Lipinski definition) is 4. The smallest absolute Gasteiger partial charge is 0.234 e. The molecule has 0 spiro atoms. The average Bonchev–Trinajstić information content (AvgIpc) is 2.96. The number of carbonyl (C=O) groups excluding carboxylic acids is 1. The lowest BCUT2D eigenvalue weighted by Crippen LogP contribution is -2.14. The molecule has 134 valence electrons. The second-order valence-corrected chi connectivity index (χ2v) is 7.48. The zero-order valence-electron chi connectivity index (χ0n) is 14.2. The number of benzene rings is 2. The van der Waals surface area contributed by atoms with Gasteiger partial charge in [0.1, 0.15) is 0 Å². The Morgan fingerprint density at radius 2 is 1.88 bits per heavy atom. The Kier molecular flexibility index (Phi) is 5.86. The lowest BCUT2D eigenvalue weighted by molar-refractivity contribution is -0.113. The van der Waals surface area contributed by atoms with E-state index >= 15 is 0 Å². The van der Waals surface area contributed by atoms with Gasteiger partial charge in [0.05, 0.1) is 10.8 Å². The van der Waals surface area contributed by atoms with Gasteiger partial charge in [0.15, 0.2) is 11.0 Å². The van der Waals surface area contributed by atoms with Gasteiger partial charge in [-0.05, 0) is 37.3 Å². The molecular formula is C18H16Cl2N4OS. The van der Waals surface area contributed by atoms with Crippen LogP contribution in [0, 0.1) is 6.92 Å². The Morgan fingerprint density at radius 3 is 2.58 bits per heavy atom. The fraction of sp³-hybridized carbons (Fsp3) is 0.167. The maximum absolute atomic E-state index is 12.1. The van der Waals surface area contributed by atoms with Crippen molar-refractivity contribution in [2.75, 3.05) is 11.1 Å². The largest absolute Gasteiger partial charge is 0.325 e. The number of aryl methyl sites for hydroxylation is 1. The molecule has 0 radical (unpaired) electrons. The van der Waals surface area contributed by atoms with Gasteiger partial charge in [-0.2, -0.15) is 0 Å². The number of hydrogen-bond donors (Lipinski definition) is 1. The summed E-state index contributed by atoms with van der Waals surface area (Å²) in [5, 5.41) is 12.9. The molecule has 5 nitrogen and oxygen atoms in total. The van der Waals surface area contributed by atoms with Gasteiger partial charge in [0.2, 0.25) is 5.91 Å². The zero-order chi connectivity index (χ0) is 18.7. The highest BCUT2D eigenvalue weighted by atomic mass is 35.5. The van der Waals surface area contributed by atoms with E-state index in [-0.39, 0.29) is 11.7 Å². The summed E-state index contributed by atoms with van der Waals surface area (Å²) >= 11 is 13.5. The summed E-state index contributed by atoms with van der Waals surface area (Å²) in [6, 6.07) is 12.9. The van der Waals surface area contributed by atoms with E-state index in [9.17, 15) is 4.79 Å². The summed E-state index contributed by atoms with van der Waals surface area (Å²) in [6.07, 6.45) is 0. The van der Waals surface area contributed by atoms with Gasteiger partial charge in [-0.1, -0.05) is 52.7 Å². The number of nitrogens with zero attached hydrogens (tertiary/aromatic N) is 3. The predicted molar refractivity (Wildman–Crippen MR) is 107 cm³/mol. The summed E-state index contributed by atoms with van der Waals surface area (Å²) < 4.78 is 1.80. The molecule has 0 atom stereocenters. The topological polar surface area (TPSA) is 59.8 Å². The lowest BCUT2D eigenvalue weighted by atomic mass is 10.2. The van der Waals surface area contributed by atoms with Crippen LogP contribution in [0.3, 0.4) is 0 Å². The lowest BCUT2D eigenvalue weighted by Gasteiger charge is -2.07. The first-order valence-electron chi connectivity index (χ1n) is 7.78. The van der Waals surface area contributed by atoms with Crippen LogP contribution in [0.2, 0.25) is 10.0 Å². The molecule has 0 fully saturated rings. The minimum Gasteiger partial charge on any atom is -0.325 e. The highest BCUT2D eigenvalue weighted by molar-refractivity contribution is 7.99. The Morgan fingerprint density at radius 1 is 1.15 bits per heavy atom. The molecule has 0 aliphatic heterocycles.